The summed E-state index contributed by atoms with van der Waals surface area (Å²) in [6, 6.07) is 10.2. The standard InChI is InChI=1S/C16H19N5O2S/c1-3-20(4-2)24(22,23)13-9-7-12(8-10-13)15-18-19-16-14(17)6-5-11-21(15)16/h5-11H,3-4,17H2,1-2H3. The van der Waals surface area contributed by atoms with Gasteiger partial charge in [-0.2, -0.15) is 4.31 Å². The molecule has 3 rings (SSSR count). The first kappa shape index (κ1) is 16.4. The molecule has 126 valence electrons. The van der Waals surface area contributed by atoms with Crippen LogP contribution in [0.15, 0.2) is 47.5 Å². The molecule has 0 radical (unpaired) electrons. The van der Waals surface area contributed by atoms with Gasteiger partial charge in [0.15, 0.2) is 11.5 Å². The second-order valence-electron chi connectivity index (χ2n) is 5.29. The number of hydrogen-bond donors (Lipinski definition) is 1. The number of nitrogens with zero attached hydrogens (tertiary/aromatic N) is 4. The molecule has 2 N–H and O–H groups in total. The van der Waals surface area contributed by atoms with Crippen LogP contribution in [0.2, 0.25) is 0 Å². The highest BCUT2D eigenvalue weighted by atomic mass is 32.2. The van der Waals surface area contributed by atoms with E-state index in [2.05, 4.69) is 10.2 Å². The molecule has 0 unspecified atom stereocenters. The predicted octanol–water partition coefficient (Wildman–Crippen LogP) is 2.01. The molecule has 0 aliphatic heterocycles. The third-order valence-electron chi connectivity index (χ3n) is 3.92. The fraction of sp³-hybridized carbons (Fsp3) is 0.250. The fourth-order valence-electron chi connectivity index (χ4n) is 2.62. The van der Waals surface area contributed by atoms with Crippen molar-refractivity contribution < 1.29 is 8.42 Å². The Morgan fingerprint density at radius 3 is 2.38 bits per heavy atom. The first-order valence-electron chi connectivity index (χ1n) is 7.68. The van der Waals surface area contributed by atoms with Crippen LogP contribution in [0.5, 0.6) is 0 Å². The average Bonchev–Trinajstić information content (AvgIpc) is 3.01. The molecule has 2 heterocycles. The largest absolute Gasteiger partial charge is 0.396 e. The van der Waals surface area contributed by atoms with Crippen LogP contribution in [0.1, 0.15) is 13.8 Å². The molecule has 0 bridgehead atoms. The molecular formula is C16H19N5O2S. The summed E-state index contributed by atoms with van der Waals surface area (Å²) in [5.41, 5.74) is 7.77. The zero-order valence-corrected chi connectivity index (χ0v) is 14.4. The maximum Gasteiger partial charge on any atom is 0.243 e. The lowest BCUT2D eigenvalue weighted by Crippen LogP contribution is -2.30. The number of sulfonamides is 1. The lowest BCUT2D eigenvalue weighted by atomic mass is 10.2. The lowest BCUT2D eigenvalue weighted by molar-refractivity contribution is 0.445. The number of benzene rings is 1. The Hall–Kier alpha value is -2.45. The van der Waals surface area contributed by atoms with E-state index in [-0.39, 0.29) is 4.90 Å². The van der Waals surface area contributed by atoms with Gasteiger partial charge in [0, 0.05) is 24.8 Å². The normalized spacial score (nSPS) is 12.1. The van der Waals surface area contributed by atoms with Gasteiger partial charge in [-0.3, -0.25) is 4.40 Å². The molecule has 7 nitrogen and oxygen atoms in total. The van der Waals surface area contributed by atoms with Crippen molar-refractivity contribution in [1.29, 1.82) is 0 Å². The Morgan fingerprint density at radius 1 is 1.08 bits per heavy atom. The van der Waals surface area contributed by atoms with E-state index in [1.165, 1.54) is 4.31 Å². The molecule has 0 saturated carbocycles. The van der Waals surface area contributed by atoms with E-state index in [1.54, 1.807) is 34.7 Å². The van der Waals surface area contributed by atoms with Gasteiger partial charge in [-0.25, -0.2) is 8.42 Å². The van der Waals surface area contributed by atoms with Crippen LogP contribution in [-0.2, 0) is 10.0 Å². The summed E-state index contributed by atoms with van der Waals surface area (Å²) in [7, 11) is -3.47. The quantitative estimate of drug-likeness (QED) is 0.763. The van der Waals surface area contributed by atoms with Crippen LogP contribution < -0.4 is 5.73 Å². The molecule has 0 aliphatic rings. The van der Waals surface area contributed by atoms with Crippen LogP contribution in [-0.4, -0.2) is 40.4 Å². The Balaban J connectivity index is 2.02. The van der Waals surface area contributed by atoms with E-state index >= 15 is 0 Å². The number of anilines is 1. The van der Waals surface area contributed by atoms with E-state index in [9.17, 15) is 8.42 Å². The summed E-state index contributed by atoms with van der Waals surface area (Å²) < 4.78 is 28.3. The van der Waals surface area contributed by atoms with Crippen LogP contribution in [0.4, 0.5) is 5.69 Å². The van der Waals surface area contributed by atoms with Crippen LogP contribution >= 0.6 is 0 Å². The molecular weight excluding hydrogens is 326 g/mol. The van der Waals surface area contributed by atoms with E-state index in [0.29, 0.717) is 30.2 Å². The van der Waals surface area contributed by atoms with Crippen molar-refractivity contribution >= 4 is 21.4 Å². The van der Waals surface area contributed by atoms with E-state index < -0.39 is 10.0 Å². The van der Waals surface area contributed by atoms with Crippen LogP contribution in [0.25, 0.3) is 17.0 Å². The van der Waals surface area contributed by atoms with Gasteiger partial charge in [-0.1, -0.05) is 13.8 Å². The molecule has 2 aromatic heterocycles. The molecule has 8 heteroatoms. The number of hydrogen-bond acceptors (Lipinski definition) is 5. The molecule has 0 aliphatic carbocycles. The van der Waals surface area contributed by atoms with Crippen molar-refractivity contribution in [3.05, 3.63) is 42.6 Å². The first-order chi connectivity index (χ1) is 11.5. The Kier molecular flexibility index (Phi) is 4.25. The number of fused-ring (bicyclic) bond motifs is 1. The van der Waals surface area contributed by atoms with E-state index in [0.717, 1.165) is 5.56 Å². The zero-order valence-electron chi connectivity index (χ0n) is 13.5. The molecule has 0 fully saturated rings. The minimum Gasteiger partial charge on any atom is -0.396 e. The monoisotopic (exact) mass is 345 g/mol. The molecule has 24 heavy (non-hydrogen) atoms. The summed E-state index contributed by atoms with van der Waals surface area (Å²) in [5.74, 6) is 0.615. The van der Waals surface area contributed by atoms with Gasteiger partial charge in [0.05, 0.1) is 10.6 Å². The van der Waals surface area contributed by atoms with Gasteiger partial charge in [0.25, 0.3) is 0 Å². The lowest BCUT2D eigenvalue weighted by Gasteiger charge is -2.18. The molecule has 1 aromatic carbocycles. The van der Waals surface area contributed by atoms with Gasteiger partial charge in [0.1, 0.15) is 0 Å². The third kappa shape index (κ3) is 2.63. The number of pyridine rings is 1. The van der Waals surface area contributed by atoms with E-state index in [4.69, 9.17) is 5.73 Å². The Morgan fingerprint density at radius 2 is 1.75 bits per heavy atom. The molecule has 3 aromatic rings. The second kappa shape index (κ2) is 6.21. The SMILES string of the molecule is CCN(CC)S(=O)(=O)c1ccc(-c2nnc3c(N)cccn23)cc1. The van der Waals surface area contributed by atoms with Crippen LogP contribution in [0.3, 0.4) is 0 Å². The van der Waals surface area contributed by atoms with Gasteiger partial charge in [-0.15, -0.1) is 10.2 Å². The number of nitrogens with two attached hydrogens (primary N) is 1. The minimum absolute atomic E-state index is 0.267. The summed E-state index contributed by atoms with van der Waals surface area (Å²) in [4.78, 5) is 0.267. The zero-order chi connectivity index (χ0) is 17.3. The van der Waals surface area contributed by atoms with Crippen molar-refractivity contribution in [3.8, 4) is 11.4 Å². The molecule has 0 saturated heterocycles. The summed E-state index contributed by atoms with van der Waals surface area (Å²) in [6.07, 6.45) is 1.82. The smallest absolute Gasteiger partial charge is 0.243 e. The molecule has 0 atom stereocenters. The highest BCUT2D eigenvalue weighted by Gasteiger charge is 2.21. The number of aromatic nitrogens is 3. The minimum atomic E-state index is -3.47. The Bertz CT molecular complexity index is 960. The summed E-state index contributed by atoms with van der Waals surface area (Å²) >= 11 is 0. The highest BCUT2D eigenvalue weighted by molar-refractivity contribution is 7.89. The van der Waals surface area contributed by atoms with Crippen molar-refractivity contribution in [1.82, 2.24) is 18.9 Å². The number of nitrogen functional groups attached to an aromatic ring is 1. The maximum atomic E-state index is 12.5. The van der Waals surface area contributed by atoms with Crippen molar-refractivity contribution in [2.45, 2.75) is 18.7 Å². The summed E-state index contributed by atoms with van der Waals surface area (Å²) in [6.45, 7) is 4.52. The van der Waals surface area contributed by atoms with Gasteiger partial charge < -0.3 is 5.73 Å². The fourth-order valence-corrected chi connectivity index (χ4v) is 4.08. The van der Waals surface area contributed by atoms with Gasteiger partial charge >= 0.3 is 0 Å². The third-order valence-corrected chi connectivity index (χ3v) is 5.98. The van der Waals surface area contributed by atoms with E-state index in [1.807, 2.05) is 26.1 Å². The van der Waals surface area contributed by atoms with Crippen molar-refractivity contribution in [3.63, 3.8) is 0 Å². The van der Waals surface area contributed by atoms with Crippen molar-refractivity contribution in [2.75, 3.05) is 18.8 Å². The van der Waals surface area contributed by atoms with Gasteiger partial charge in [-0.05, 0) is 36.4 Å². The van der Waals surface area contributed by atoms with Crippen LogP contribution in [0, 0.1) is 0 Å². The first-order valence-corrected chi connectivity index (χ1v) is 9.12. The second-order valence-corrected chi connectivity index (χ2v) is 7.23. The topological polar surface area (TPSA) is 93.6 Å². The highest BCUT2D eigenvalue weighted by Crippen LogP contribution is 2.23. The summed E-state index contributed by atoms with van der Waals surface area (Å²) in [5, 5.41) is 8.24. The Labute approximate surface area is 140 Å². The number of rotatable bonds is 5. The maximum absolute atomic E-state index is 12.5. The predicted molar refractivity (Wildman–Crippen MR) is 92.9 cm³/mol. The average molecular weight is 345 g/mol. The molecule has 0 spiro atoms. The van der Waals surface area contributed by atoms with Gasteiger partial charge in [0.2, 0.25) is 10.0 Å². The molecule has 0 amide bonds. The van der Waals surface area contributed by atoms with Crippen molar-refractivity contribution in [2.24, 2.45) is 0 Å².